The number of rotatable bonds is 3. The van der Waals surface area contributed by atoms with Gasteiger partial charge in [0, 0.05) is 31.4 Å². The van der Waals surface area contributed by atoms with Gasteiger partial charge in [-0.2, -0.15) is 0 Å². The molecule has 3 heteroatoms. The molecule has 2 aliphatic rings. The summed E-state index contributed by atoms with van der Waals surface area (Å²) in [6.45, 7) is 2.33. The largest absolute Gasteiger partial charge is 0.373 e. The fraction of sp³-hybridized carbons (Fsp3) is 0.667. The third-order valence-electron chi connectivity index (χ3n) is 4.63. The van der Waals surface area contributed by atoms with E-state index in [0.717, 1.165) is 24.3 Å². The molecule has 1 aromatic rings. The zero-order valence-corrected chi connectivity index (χ0v) is 11.2. The smallest absolute Gasteiger partial charge is 0.130 e. The van der Waals surface area contributed by atoms with Crippen LogP contribution in [-0.4, -0.2) is 29.5 Å². The van der Waals surface area contributed by atoms with Crippen LogP contribution in [0.15, 0.2) is 18.3 Å². The Balaban J connectivity index is 1.72. The standard InChI is InChI=1S/C15H23N3/c1-16-15-13(6-4-9-17-15)11-18-10-8-12-5-2-3-7-14(12)18/h4,6,9,12,14H,2-3,5,7-8,10-11H2,1H3,(H,16,17). The molecule has 2 fully saturated rings. The van der Waals surface area contributed by atoms with Gasteiger partial charge in [-0.3, -0.25) is 4.90 Å². The normalized spacial score (nSPS) is 28.1. The topological polar surface area (TPSA) is 28.2 Å². The zero-order valence-electron chi connectivity index (χ0n) is 11.2. The van der Waals surface area contributed by atoms with Gasteiger partial charge < -0.3 is 5.32 Å². The molecule has 2 unspecified atom stereocenters. The average molecular weight is 245 g/mol. The number of nitrogens with zero attached hydrogens (tertiary/aromatic N) is 2. The number of fused-ring (bicyclic) bond motifs is 1. The van der Waals surface area contributed by atoms with Crippen LogP contribution < -0.4 is 5.32 Å². The number of likely N-dealkylation sites (tertiary alicyclic amines) is 1. The third kappa shape index (κ3) is 2.24. The molecule has 1 saturated heterocycles. The summed E-state index contributed by atoms with van der Waals surface area (Å²) in [5.41, 5.74) is 1.34. The number of pyridine rings is 1. The van der Waals surface area contributed by atoms with Crippen LogP contribution in [0.2, 0.25) is 0 Å². The number of anilines is 1. The molecule has 0 radical (unpaired) electrons. The van der Waals surface area contributed by atoms with Crippen LogP contribution in [0.3, 0.4) is 0 Å². The van der Waals surface area contributed by atoms with Gasteiger partial charge in [-0.15, -0.1) is 0 Å². The lowest BCUT2D eigenvalue weighted by Gasteiger charge is -2.32. The second-order valence-electron chi connectivity index (χ2n) is 5.63. The minimum atomic E-state index is 0.837. The number of hydrogen-bond donors (Lipinski definition) is 1. The second-order valence-corrected chi connectivity index (χ2v) is 5.63. The Morgan fingerprint density at radius 2 is 2.22 bits per heavy atom. The molecular formula is C15H23N3. The Morgan fingerprint density at radius 1 is 1.33 bits per heavy atom. The molecule has 0 bridgehead atoms. The lowest BCUT2D eigenvalue weighted by molar-refractivity contribution is 0.176. The predicted molar refractivity (Wildman–Crippen MR) is 74.6 cm³/mol. The van der Waals surface area contributed by atoms with Gasteiger partial charge in [0.05, 0.1) is 0 Å². The Labute approximate surface area is 110 Å². The Kier molecular flexibility index (Phi) is 3.50. The van der Waals surface area contributed by atoms with Crippen LogP contribution in [-0.2, 0) is 6.54 Å². The molecule has 1 aromatic heterocycles. The molecule has 0 aromatic carbocycles. The van der Waals surface area contributed by atoms with E-state index in [2.05, 4.69) is 21.3 Å². The number of aromatic nitrogens is 1. The molecule has 18 heavy (non-hydrogen) atoms. The highest BCUT2D eigenvalue weighted by atomic mass is 15.2. The van der Waals surface area contributed by atoms with Gasteiger partial charge >= 0.3 is 0 Å². The van der Waals surface area contributed by atoms with Gasteiger partial charge in [-0.1, -0.05) is 18.9 Å². The maximum absolute atomic E-state index is 4.41. The van der Waals surface area contributed by atoms with Crippen LogP contribution in [0.25, 0.3) is 0 Å². The van der Waals surface area contributed by atoms with Crippen molar-refractivity contribution in [3.8, 4) is 0 Å². The highest BCUT2D eigenvalue weighted by molar-refractivity contribution is 5.42. The molecular weight excluding hydrogens is 222 g/mol. The summed E-state index contributed by atoms with van der Waals surface area (Å²) in [5, 5.41) is 3.20. The molecule has 3 rings (SSSR count). The van der Waals surface area contributed by atoms with Crippen LogP contribution in [0.4, 0.5) is 5.82 Å². The molecule has 98 valence electrons. The molecule has 2 atom stereocenters. The van der Waals surface area contributed by atoms with Crippen molar-refractivity contribution in [3.05, 3.63) is 23.9 Å². The first-order valence-electron chi connectivity index (χ1n) is 7.24. The van der Waals surface area contributed by atoms with Crippen molar-refractivity contribution in [2.24, 2.45) is 5.92 Å². The fourth-order valence-corrected chi connectivity index (χ4v) is 3.71. The van der Waals surface area contributed by atoms with Crippen molar-refractivity contribution in [2.45, 2.75) is 44.7 Å². The van der Waals surface area contributed by atoms with Crippen LogP contribution >= 0.6 is 0 Å². The highest BCUT2D eigenvalue weighted by Gasteiger charge is 2.35. The van der Waals surface area contributed by atoms with Gasteiger partial charge in [-0.05, 0) is 37.8 Å². The summed E-state index contributed by atoms with van der Waals surface area (Å²) in [6.07, 6.45) is 8.99. The molecule has 1 aliphatic heterocycles. The SMILES string of the molecule is CNc1ncccc1CN1CCC2CCCCC21. The molecule has 0 amide bonds. The van der Waals surface area contributed by atoms with Crippen LogP contribution in [0.5, 0.6) is 0 Å². The summed E-state index contributed by atoms with van der Waals surface area (Å²) in [5.74, 6) is 2.00. The summed E-state index contributed by atoms with van der Waals surface area (Å²) < 4.78 is 0. The van der Waals surface area contributed by atoms with Crippen LogP contribution in [0, 0.1) is 5.92 Å². The average Bonchev–Trinajstić information content (AvgIpc) is 2.83. The van der Waals surface area contributed by atoms with Crippen molar-refractivity contribution < 1.29 is 0 Å². The Bertz CT molecular complexity index is 404. The van der Waals surface area contributed by atoms with Gasteiger partial charge in [0.2, 0.25) is 0 Å². The summed E-state index contributed by atoms with van der Waals surface area (Å²) in [7, 11) is 1.96. The van der Waals surface area contributed by atoms with E-state index in [1.165, 1.54) is 44.2 Å². The zero-order chi connectivity index (χ0) is 12.4. The van der Waals surface area contributed by atoms with Crippen molar-refractivity contribution >= 4 is 5.82 Å². The van der Waals surface area contributed by atoms with Gasteiger partial charge in [0.25, 0.3) is 0 Å². The number of nitrogens with one attached hydrogen (secondary N) is 1. The lowest BCUT2D eigenvalue weighted by Crippen LogP contribution is -2.34. The van der Waals surface area contributed by atoms with E-state index >= 15 is 0 Å². The lowest BCUT2D eigenvalue weighted by atomic mass is 9.85. The van der Waals surface area contributed by atoms with Crippen LogP contribution in [0.1, 0.15) is 37.7 Å². The Hall–Kier alpha value is -1.09. The van der Waals surface area contributed by atoms with Crippen molar-refractivity contribution in [1.82, 2.24) is 9.88 Å². The summed E-state index contributed by atoms with van der Waals surface area (Å²) in [6, 6.07) is 5.09. The first-order chi connectivity index (χ1) is 8.88. The minimum absolute atomic E-state index is 0.837. The van der Waals surface area contributed by atoms with Crippen molar-refractivity contribution in [3.63, 3.8) is 0 Å². The molecule has 3 nitrogen and oxygen atoms in total. The minimum Gasteiger partial charge on any atom is -0.373 e. The molecule has 1 N–H and O–H groups in total. The molecule has 2 heterocycles. The van der Waals surface area contributed by atoms with E-state index in [9.17, 15) is 0 Å². The van der Waals surface area contributed by atoms with Gasteiger partial charge in [0.15, 0.2) is 0 Å². The van der Waals surface area contributed by atoms with Crippen molar-refractivity contribution in [2.75, 3.05) is 18.9 Å². The Morgan fingerprint density at radius 3 is 3.11 bits per heavy atom. The quantitative estimate of drug-likeness (QED) is 0.887. The van der Waals surface area contributed by atoms with E-state index < -0.39 is 0 Å². The first-order valence-corrected chi connectivity index (χ1v) is 7.24. The first kappa shape index (κ1) is 12.0. The highest BCUT2D eigenvalue weighted by Crippen LogP contribution is 2.37. The molecule has 1 saturated carbocycles. The van der Waals surface area contributed by atoms with E-state index in [1.54, 1.807) is 0 Å². The maximum atomic E-state index is 4.41. The van der Waals surface area contributed by atoms with E-state index in [4.69, 9.17) is 0 Å². The van der Waals surface area contributed by atoms with E-state index in [-0.39, 0.29) is 0 Å². The number of hydrogen-bond acceptors (Lipinski definition) is 3. The summed E-state index contributed by atoms with van der Waals surface area (Å²) >= 11 is 0. The predicted octanol–water partition coefficient (Wildman–Crippen LogP) is 2.89. The monoisotopic (exact) mass is 245 g/mol. The fourth-order valence-electron chi connectivity index (χ4n) is 3.71. The third-order valence-corrected chi connectivity index (χ3v) is 4.63. The van der Waals surface area contributed by atoms with E-state index in [0.29, 0.717) is 0 Å². The second kappa shape index (κ2) is 5.27. The van der Waals surface area contributed by atoms with Gasteiger partial charge in [0.1, 0.15) is 5.82 Å². The maximum Gasteiger partial charge on any atom is 0.130 e. The van der Waals surface area contributed by atoms with Crippen molar-refractivity contribution in [1.29, 1.82) is 0 Å². The molecule has 0 spiro atoms. The molecule has 1 aliphatic carbocycles. The van der Waals surface area contributed by atoms with E-state index in [1.807, 2.05) is 19.3 Å². The van der Waals surface area contributed by atoms with Gasteiger partial charge in [-0.25, -0.2) is 4.98 Å². The summed E-state index contributed by atoms with van der Waals surface area (Å²) in [4.78, 5) is 7.09.